The zero-order valence-electron chi connectivity index (χ0n) is 18.7. The van der Waals surface area contributed by atoms with Crippen molar-refractivity contribution in [2.75, 3.05) is 0 Å². The molecule has 4 aromatic rings. The highest BCUT2D eigenvalue weighted by Crippen LogP contribution is 2.45. The van der Waals surface area contributed by atoms with Crippen molar-refractivity contribution in [2.24, 2.45) is 0 Å². The number of benzene rings is 4. The standard InChI is InChI=1S/C27H12Br6O5/c28-17-11-15(24(21(32)19(17)30)37-26(35)13-7-3-1-4-8-13)23(34)16-12-18(29)20(31)22(33)25(16)38-27(36)14-9-5-2-6-10-14/h1-12H. The minimum Gasteiger partial charge on any atom is -0.421 e. The summed E-state index contributed by atoms with van der Waals surface area (Å²) in [5.74, 6) is -1.87. The van der Waals surface area contributed by atoms with Crippen molar-refractivity contribution in [3.63, 3.8) is 0 Å². The number of esters is 2. The zero-order valence-corrected chi connectivity index (χ0v) is 28.3. The lowest BCUT2D eigenvalue weighted by molar-refractivity contribution is 0.0724. The van der Waals surface area contributed by atoms with E-state index in [1.807, 2.05) is 0 Å². The smallest absolute Gasteiger partial charge is 0.343 e. The molecule has 0 fully saturated rings. The van der Waals surface area contributed by atoms with E-state index in [0.717, 1.165) is 0 Å². The molecule has 0 spiro atoms. The molecule has 0 bridgehead atoms. The molecular formula is C27H12Br6O5. The van der Waals surface area contributed by atoms with E-state index >= 15 is 0 Å². The quantitative estimate of drug-likeness (QED) is 0.0835. The molecule has 4 aromatic carbocycles. The number of carbonyl (C=O) groups excluding carboxylic acids is 3. The molecule has 0 saturated carbocycles. The molecule has 4 rings (SSSR count). The minimum atomic E-state index is -0.650. The van der Waals surface area contributed by atoms with Crippen LogP contribution in [0.25, 0.3) is 0 Å². The fourth-order valence-electron chi connectivity index (χ4n) is 3.29. The van der Waals surface area contributed by atoms with Gasteiger partial charge in [-0.15, -0.1) is 0 Å². The van der Waals surface area contributed by atoms with Gasteiger partial charge >= 0.3 is 11.9 Å². The van der Waals surface area contributed by atoms with Crippen molar-refractivity contribution in [2.45, 2.75) is 0 Å². The molecule has 0 aliphatic rings. The summed E-state index contributed by atoms with van der Waals surface area (Å²) >= 11 is 20.6. The first-order chi connectivity index (χ1) is 18.1. The van der Waals surface area contributed by atoms with E-state index in [1.165, 1.54) is 12.1 Å². The van der Waals surface area contributed by atoms with E-state index in [2.05, 4.69) is 95.6 Å². The third kappa shape index (κ3) is 6.23. The first-order valence-corrected chi connectivity index (χ1v) is 15.3. The number of hydrogen-bond donors (Lipinski definition) is 0. The molecule has 0 heterocycles. The van der Waals surface area contributed by atoms with Gasteiger partial charge in [-0.1, -0.05) is 36.4 Å². The van der Waals surface area contributed by atoms with Crippen molar-refractivity contribution < 1.29 is 23.9 Å². The monoisotopic (exact) mass is 890 g/mol. The second-order valence-electron chi connectivity index (χ2n) is 7.57. The highest BCUT2D eigenvalue weighted by molar-refractivity contribution is 9.15. The van der Waals surface area contributed by atoms with Crippen molar-refractivity contribution in [1.29, 1.82) is 0 Å². The molecule has 11 heteroatoms. The Morgan fingerprint density at radius 1 is 0.500 bits per heavy atom. The second-order valence-corrected chi connectivity index (χ2v) is 12.4. The topological polar surface area (TPSA) is 69.7 Å². The predicted molar refractivity (Wildman–Crippen MR) is 165 cm³/mol. The average molecular weight is 896 g/mol. The Balaban J connectivity index is 1.84. The van der Waals surface area contributed by atoms with Crippen LogP contribution in [-0.2, 0) is 0 Å². The lowest BCUT2D eigenvalue weighted by Crippen LogP contribution is -2.15. The van der Waals surface area contributed by atoms with Crippen LogP contribution in [0.15, 0.2) is 99.6 Å². The fourth-order valence-corrected chi connectivity index (χ4v) is 6.28. The Labute approximate surface area is 268 Å². The average Bonchev–Trinajstić information content (AvgIpc) is 2.93. The zero-order chi connectivity index (χ0) is 27.6. The third-order valence-corrected chi connectivity index (χ3v) is 11.7. The van der Waals surface area contributed by atoms with Crippen LogP contribution in [0, 0.1) is 0 Å². The fraction of sp³-hybridized carbons (Fsp3) is 0. The molecule has 0 unspecified atom stereocenters. The molecule has 5 nitrogen and oxygen atoms in total. The van der Waals surface area contributed by atoms with E-state index in [0.29, 0.717) is 38.0 Å². The Hall–Kier alpha value is -1.63. The van der Waals surface area contributed by atoms with Crippen molar-refractivity contribution in [1.82, 2.24) is 0 Å². The van der Waals surface area contributed by atoms with Gasteiger partial charge in [-0.3, -0.25) is 4.79 Å². The van der Waals surface area contributed by atoms with Crippen LogP contribution in [0.2, 0.25) is 0 Å². The molecular weight excluding hydrogens is 884 g/mol. The van der Waals surface area contributed by atoms with Gasteiger partial charge in [0, 0.05) is 17.9 Å². The molecule has 38 heavy (non-hydrogen) atoms. The van der Waals surface area contributed by atoms with Gasteiger partial charge in [0.15, 0.2) is 11.5 Å². The van der Waals surface area contributed by atoms with E-state index in [-0.39, 0.29) is 22.6 Å². The lowest BCUT2D eigenvalue weighted by Gasteiger charge is -2.17. The molecule has 0 atom stereocenters. The number of hydrogen-bond acceptors (Lipinski definition) is 5. The van der Waals surface area contributed by atoms with Crippen LogP contribution < -0.4 is 9.47 Å². The number of halogens is 6. The van der Waals surface area contributed by atoms with E-state index < -0.39 is 17.7 Å². The summed E-state index contributed by atoms with van der Waals surface area (Å²) in [7, 11) is 0. The summed E-state index contributed by atoms with van der Waals surface area (Å²) in [6.45, 7) is 0. The van der Waals surface area contributed by atoms with Crippen LogP contribution in [0.3, 0.4) is 0 Å². The molecule has 192 valence electrons. The van der Waals surface area contributed by atoms with Gasteiger partial charge in [-0.05, 0) is 132 Å². The first-order valence-electron chi connectivity index (χ1n) is 10.5. The number of ketones is 1. The summed E-state index contributed by atoms with van der Waals surface area (Å²) < 4.78 is 14.3. The highest BCUT2D eigenvalue weighted by atomic mass is 79.9. The second kappa shape index (κ2) is 12.7. The van der Waals surface area contributed by atoms with Crippen LogP contribution in [0.5, 0.6) is 11.5 Å². The van der Waals surface area contributed by atoms with Gasteiger partial charge in [0.1, 0.15) is 0 Å². The Bertz CT molecular complexity index is 1460. The van der Waals surface area contributed by atoms with Gasteiger partial charge < -0.3 is 9.47 Å². The molecule has 0 radical (unpaired) electrons. The number of rotatable bonds is 6. The highest BCUT2D eigenvalue weighted by Gasteiger charge is 2.29. The van der Waals surface area contributed by atoms with Crippen LogP contribution >= 0.6 is 95.6 Å². The Kier molecular flexibility index (Phi) is 9.81. The Morgan fingerprint density at radius 2 is 0.842 bits per heavy atom. The summed E-state index contributed by atoms with van der Waals surface area (Å²) in [6.07, 6.45) is 0. The number of carbonyl (C=O) groups is 3. The molecule has 0 N–H and O–H groups in total. The van der Waals surface area contributed by atoms with Gasteiger partial charge in [0.05, 0.1) is 31.2 Å². The van der Waals surface area contributed by atoms with Gasteiger partial charge in [0.2, 0.25) is 5.78 Å². The molecule has 0 aliphatic heterocycles. The molecule has 0 amide bonds. The largest absolute Gasteiger partial charge is 0.421 e. The van der Waals surface area contributed by atoms with Crippen LogP contribution in [0.1, 0.15) is 36.6 Å². The van der Waals surface area contributed by atoms with Gasteiger partial charge in [0.25, 0.3) is 0 Å². The summed E-state index contributed by atoms with van der Waals surface area (Å²) in [6, 6.07) is 19.9. The molecule has 0 aliphatic carbocycles. The van der Waals surface area contributed by atoms with Crippen LogP contribution in [-0.4, -0.2) is 17.7 Å². The van der Waals surface area contributed by atoms with Gasteiger partial charge in [-0.25, -0.2) is 9.59 Å². The van der Waals surface area contributed by atoms with E-state index in [1.54, 1.807) is 60.7 Å². The van der Waals surface area contributed by atoms with Crippen LogP contribution in [0.4, 0.5) is 0 Å². The van der Waals surface area contributed by atoms with E-state index in [9.17, 15) is 14.4 Å². The first kappa shape index (κ1) is 29.4. The van der Waals surface area contributed by atoms with Crippen molar-refractivity contribution in [3.8, 4) is 11.5 Å². The Morgan fingerprint density at radius 3 is 1.18 bits per heavy atom. The minimum absolute atomic E-state index is 0.00516. The summed E-state index contributed by atoms with van der Waals surface area (Å²) in [5.41, 5.74) is 0.718. The summed E-state index contributed by atoms with van der Waals surface area (Å²) in [5, 5.41) is 0. The maximum atomic E-state index is 14.1. The predicted octanol–water partition coefficient (Wildman–Crippen LogP) is 9.93. The maximum absolute atomic E-state index is 14.1. The normalized spacial score (nSPS) is 10.7. The third-order valence-electron chi connectivity index (χ3n) is 5.13. The van der Waals surface area contributed by atoms with Gasteiger partial charge in [-0.2, -0.15) is 0 Å². The SMILES string of the molecule is O=C(Oc1c(C(=O)c2cc(Br)c(Br)c(Br)c2OC(=O)c2ccccc2)cc(Br)c(Br)c1Br)c1ccccc1. The van der Waals surface area contributed by atoms with E-state index in [4.69, 9.17) is 9.47 Å². The van der Waals surface area contributed by atoms with Crippen molar-refractivity contribution >= 4 is 113 Å². The number of ether oxygens (including phenoxy) is 2. The maximum Gasteiger partial charge on any atom is 0.343 e. The summed E-state index contributed by atoms with van der Waals surface area (Å²) in [4.78, 5) is 39.9. The van der Waals surface area contributed by atoms with Crippen molar-refractivity contribution in [3.05, 3.63) is 122 Å². The molecule has 0 aromatic heterocycles. The molecule has 0 saturated heterocycles. The lowest BCUT2D eigenvalue weighted by atomic mass is 10.0.